The first kappa shape index (κ1) is 16.7. The molecule has 8 nitrogen and oxygen atoms in total. The second-order valence-electron chi connectivity index (χ2n) is 2.55. The largest absolute Gasteiger partial charge is 0.481 e. The van der Waals surface area contributed by atoms with Crippen molar-refractivity contribution in [2.45, 2.75) is 19.4 Å². The predicted molar refractivity (Wildman–Crippen MR) is 53.6 cm³/mol. The van der Waals surface area contributed by atoms with E-state index < -0.39 is 24.4 Å². The van der Waals surface area contributed by atoms with Gasteiger partial charge in [-0.25, -0.2) is 0 Å². The number of esters is 1. The third-order valence-corrected chi connectivity index (χ3v) is 1.18. The second kappa shape index (κ2) is 9.87. The van der Waals surface area contributed by atoms with Crippen molar-refractivity contribution >= 4 is 17.9 Å². The van der Waals surface area contributed by atoms with Crippen LogP contribution in [0.25, 0.3) is 0 Å². The molecule has 0 aromatic carbocycles. The molecular weight excluding hydrogens is 220 g/mol. The summed E-state index contributed by atoms with van der Waals surface area (Å²) in [7, 11) is 0. The molecule has 0 aromatic rings. The Morgan fingerprint density at radius 3 is 1.94 bits per heavy atom. The number of carboxylic acids is 2. The quantitative estimate of drug-likeness (QED) is 0.415. The highest BCUT2D eigenvalue weighted by atomic mass is 16.5. The Bertz CT molecular complexity index is 243. The first-order valence-corrected chi connectivity index (χ1v) is 4.41. The lowest BCUT2D eigenvalue weighted by Gasteiger charge is -1.99. The van der Waals surface area contributed by atoms with Gasteiger partial charge in [-0.1, -0.05) is 0 Å². The van der Waals surface area contributed by atoms with Gasteiger partial charge < -0.3 is 26.4 Å². The monoisotopic (exact) mass is 236 g/mol. The number of carbonyl (C=O) groups is 3. The van der Waals surface area contributed by atoms with Crippen LogP contribution in [0.4, 0.5) is 0 Å². The zero-order valence-corrected chi connectivity index (χ0v) is 8.88. The van der Waals surface area contributed by atoms with Crippen molar-refractivity contribution in [1.29, 1.82) is 0 Å². The van der Waals surface area contributed by atoms with Crippen LogP contribution in [0.3, 0.4) is 0 Å². The van der Waals surface area contributed by atoms with Gasteiger partial charge in [-0.2, -0.15) is 0 Å². The van der Waals surface area contributed by atoms with Crippen LogP contribution in [-0.2, 0) is 19.1 Å². The van der Waals surface area contributed by atoms with E-state index in [1.165, 1.54) is 0 Å². The van der Waals surface area contributed by atoms with Gasteiger partial charge in [0.05, 0.1) is 19.6 Å². The molecule has 16 heavy (non-hydrogen) atoms. The van der Waals surface area contributed by atoms with Crippen molar-refractivity contribution in [2.24, 2.45) is 11.5 Å². The van der Waals surface area contributed by atoms with E-state index in [0.717, 1.165) is 0 Å². The summed E-state index contributed by atoms with van der Waals surface area (Å²) in [4.78, 5) is 29.7. The Kier molecular flexibility index (Phi) is 10.3. The van der Waals surface area contributed by atoms with Crippen molar-refractivity contribution in [1.82, 2.24) is 0 Å². The molecule has 0 heterocycles. The molecule has 0 spiro atoms. The Morgan fingerprint density at radius 2 is 1.81 bits per heavy atom. The number of carbonyl (C=O) groups excluding carboxylic acids is 1. The van der Waals surface area contributed by atoms with Crippen LogP contribution in [0.15, 0.2) is 0 Å². The molecule has 8 heteroatoms. The van der Waals surface area contributed by atoms with Gasteiger partial charge in [-0.3, -0.25) is 14.4 Å². The van der Waals surface area contributed by atoms with Gasteiger partial charge in [0, 0.05) is 0 Å². The Labute approximate surface area is 92.2 Å². The van der Waals surface area contributed by atoms with Crippen LogP contribution >= 0.6 is 0 Å². The fraction of sp³-hybridized carbons (Fsp3) is 0.625. The van der Waals surface area contributed by atoms with Gasteiger partial charge >= 0.3 is 17.9 Å². The SMILES string of the molecule is CCOC(=O)CN.NC(CC(=O)O)C(=O)O. The third-order valence-electron chi connectivity index (χ3n) is 1.18. The predicted octanol–water partition coefficient (Wildman–Crippen LogP) is -1.62. The molecule has 0 rings (SSSR count). The van der Waals surface area contributed by atoms with E-state index in [4.69, 9.17) is 21.7 Å². The molecule has 0 aromatic heterocycles. The van der Waals surface area contributed by atoms with Gasteiger partial charge in [0.25, 0.3) is 0 Å². The summed E-state index contributed by atoms with van der Waals surface area (Å²) in [6.45, 7) is 2.14. The first-order chi connectivity index (χ1) is 7.34. The van der Waals surface area contributed by atoms with E-state index in [1.807, 2.05) is 0 Å². The standard InChI is InChI=1S/C4H7NO4.C4H9NO2/c5-2(4(8)9)1-3(6)7;1-2-7-4(6)3-5/h2H,1,5H2,(H,6,7)(H,8,9);2-3,5H2,1H3. The minimum atomic E-state index is -1.29. The molecule has 0 saturated heterocycles. The van der Waals surface area contributed by atoms with Crippen LogP contribution in [0.2, 0.25) is 0 Å². The molecule has 0 saturated carbocycles. The maximum atomic E-state index is 10.1. The number of aliphatic carboxylic acids is 2. The van der Waals surface area contributed by atoms with E-state index in [2.05, 4.69) is 4.74 Å². The lowest BCUT2D eigenvalue weighted by atomic mass is 10.2. The van der Waals surface area contributed by atoms with Gasteiger partial charge in [0.15, 0.2) is 0 Å². The van der Waals surface area contributed by atoms with E-state index in [1.54, 1.807) is 6.92 Å². The Balaban J connectivity index is 0. The average molecular weight is 236 g/mol. The summed E-state index contributed by atoms with van der Waals surface area (Å²) in [6.07, 6.45) is -0.532. The normalized spacial score (nSPS) is 10.7. The molecule has 1 unspecified atom stereocenters. The molecule has 0 bridgehead atoms. The lowest BCUT2D eigenvalue weighted by Crippen LogP contribution is -2.32. The van der Waals surface area contributed by atoms with Crippen molar-refractivity contribution in [3.05, 3.63) is 0 Å². The van der Waals surface area contributed by atoms with E-state index in [9.17, 15) is 14.4 Å². The van der Waals surface area contributed by atoms with Gasteiger partial charge in [-0.15, -0.1) is 0 Å². The maximum absolute atomic E-state index is 10.1. The first-order valence-electron chi connectivity index (χ1n) is 4.41. The highest BCUT2D eigenvalue weighted by Crippen LogP contribution is 1.86. The highest BCUT2D eigenvalue weighted by molar-refractivity contribution is 5.80. The Hall–Kier alpha value is -1.67. The fourth-order valence-corrected chi connectivity index (χ4v) is 0.495. The Morgan fingerprint density at radius 1 is 1.31 bits per heavy atom. The number of carboxylic acid groups (broad SMARTS) is 2. The van der Waals surface area contributed by atoms with Crippen LogP contribution < -0.4 is 11.5 Å². The van der Waals surface area contributed by atoms with Crippen LogP contribution in [0, 0.1) is 0 Å². The second-order valence-corrected chi connectivity index (χ2v) is 2.55. The van der Waals surface area contributed by atoms with Crippen LogP contribution in [0.5, 0.6) is 0 Å². The zero-order valence-electron chi connectivity index (χ0n) is 8.88. The summed E-state index contributed by atoms with van der Waals surface area (Å²) >= 11 is 0. The number of ether oxygens (including phenoxy) is 1. The minimum absolute atomic E-state index is 0.0200. The summed E-state index contributed by atoms with van der Waals surface area (Å²) in [5, 5.41) is 16.0. The molecule has 0 aliphatic rings. The number of nitrogens with two attached hydrogens (primary N) is 2. The highest BCUT2D eigenvalue weighted by Gasteiger charge is 2.14. The average Bonchev–Trinajstić information content (AvgIpc) is 2.18. The lowest BCUT2D eigenvalue weighted by molar-refractivity contribution is -0.144. The van der Waals surface area contributed by atoms with Crippen LogP contribution in [-0.4, -0.2) is 47.3 Å². The van der Waals surface area contributed by atoms with Gasteiger partial charge in [-0.05, 0) is 6.92 Å². The molecule has 0 aliphatic carbocycles. The number of hydrogen-bond acceptors (Lipinski definition) is 6. The van der Waals surface area contributed by atoms with Gasteiger partial charge in [0.2, 0.25) is 0 Å². The molecule has 0 amide bonds. The summed E-state index contributed by atoms with van der Waals surface area (Å²) in [5.74, 6) is -2.84. The maximum Gasteiger partial charge on any atom is 0.321 e. The summed E-state index contributed by atoms with van der Waals surface area (Å²) in [5.41, 5.74) is 9.72. The zero-order chi connectivity index (χ0) is 13.1. The van der Waals surface area contributed by atoms with Gasteiger partial charge in [0.1, 0.15) is 6.04 Å². The summed E-state index contributed by atoms with van der Waals surface area (Å²) < 4.78 is 4.43. The van der Waals surface area contributed by atoms with Crippen molar-refractivity contribution in [3.63, 3.8) is 0 Å². The number of rotatable bonds is 5. The topological polar surface area (TPSA) is 153 Å². The summed E-state index contributed by atoms with van der Waals surface area (Å²) in [6, 6.07) is -1.29. The van der Waals surface area contributed by atoms with E-state index in [-0.39, 0.29) is 12.5 Å². The molecular formula is C8H16N2O6. The van der Waals surface area contributed by atoms with E-state index in [0.29, 0.717) is 6.61 Å². The molecule has 94 valence electrons. The van der Waals surface area contributed by atoms with Crippen molar-refractivity contribution < 1.29 is 29.3 Å². The third kappa shape index (κ3) is 12.3. The van der Waals surface area contributed by atoms with E-state index >= 15 is 0 Å². The molecule has 0 fully saturated rings. The molecule has 0 aliphatic heterocycles. The molecule has 1 atom stereocenters. The fourth-order valence-electron chi connectivity index (χ4n) is 0.495. The minimum Gasteiger partial charge on any atom is -0.481 e. The smallest absolute Gasteiger partial charge is 0.321 e. The van der Waals surface area contributed by atoms with Crippen LogP contribution in [0.1, 0.15) is 13.3 Å². The van der Waals surface area contributed by atoms with Crippen molar-refractivity contribution in [3.8, 4) is 0 Å². The number of hydrogen-bond donors (Lipinski definition) is 4. The molecule has 6 N–H and O–H groups in total. The van der Waals surface area contributed by atoms with Crippen molar-refractivity contribution in [2.75, 3.05) is 13.2 Å². The molecule has 0 radical (unpaired) electrons.